The average Bonchev–Trinajstić information content (AvgIpc) is 2.42. The highest BCUT2D eigenvalue weighted by molar-refractivity contribution is 6.30. The second kappa shape index (κ2) is 6.95. The number of hydrogen-bond donors (Lipinski definition) is 2. The highest BCUT2D eigenvalue weighted by Gasteiger charge is 2.04. The normalized spacial score (nSPS) is 10.3. The second-order valence-electron chi connectivity index (χ2n) is 4.66. The lowest BCUT2D eigenvalue weighted by molar-refractivity contribution is -0.116. The first-order valence-corrected chi connectivity index (χ1v) is 6.94. The van der Waals surface area contributed by atoms with E-state index in [1.165, 1.54) is 10.6 Å². The molecule has 0 saturated carbocycles. The van der Waals surface area contributed by atoms with Gasteiger partial charge >= 0.3 is 0 Å². The molecule has 110 valence electrons. The molecule has 2 rings (SSSR count). The van der Waals surface area contributed by atoms with Crippen molar-refractivity contribution >= 4 is 28.9 Å². The summed E-state index contributed by atoms with van der Waals surface area (Å²) in [4.78, 5) is 23.4. The second-order valence-corrected chi connectivity index (χ2v) is 5.09. The zero-order chi connectivity index (χ0) is 15.2. The first-order chi connectivity index (χ1) is 10.0. The number of nitrogens with zero attached hydrogens (tertiary/aromatic N) is 1. The van der Waals surface area contributed by atoms with Gasteiger partial charge in [-0.05, 0) is 30.7 Å². The van der Waals surface area contributed by atoms with Crippen molar-refractivity contribution in [3.63, 3.8) is 0 Å². The summed E-state index contributed by atoms with van der Waals surface area (Å²) >= 11 is 5.83. The number of benzene rings is 1. The third-order valence-electron chi connectivity index (χ3n) is 2.92. The highest BCUT2D eigenvalue weighted by Crippen LogP contribution is 2.12. The summed E-state index contributed by atoms with van der Waals surface area (Å²) in [6.45, 7) is 0.448. The van der Waals surface area contributed by atoms with Gasteiger partial charge in [-0.2, -0.15) is 0 Å². The molecule has 1 amide bonds. The summed E-state index contributed by atoms with van der Waals surface area (Å²) in [5, 5.41) is 3.26. The van der Waals surface area contributed by atoms with Crippen molar-refractivity contribution < 1.29 is 4.79 Å². The van der Waals surface area contributed by atoms with Gasteiger partial charge in [-0.25, -0.2) is 0 Å². The predicted molar refractivity (Wildman–Crippen MR) is 84.4 cm³/mol. The Kier molecular flexibility index (Phi) is 5.00. The van der Waals surface area contributed by atoms with Gasteiger partial charge in [0, 0.05) is 36.6 Å². The average molecular weight is 306 g/mol. The quantitative estimate of drug-likeness (QED) is 0.833. The smallest absolute Gasteiger partial charge is 0.250 e. The largest absolute Gasteiger partial charge is 0.399 e. The number of hydrogen-bond acceptors (Lipinski definition) is 3. The number of carbonyl (C=O) groups is 1. The van der Waals surface area contributed by atoms with Crippen LogP contribution in [0.25, 0.3) is 0 Å². The highest BCUT2D eigenvalue weighted by atomic mass is 35.5. The van der Waals surface area contributed by atoms with Gasteiger partial charge in [0.1, 0.15) is 0 Å². The third kappa shape index (κ3) is 4.65. The van der Waals surface area contributed by atoms with Crippen LogP contribution in [-0.4, -0.2) is 10.5 Å². The van der Waals surface area contributed by atoms with Crippen LogP contribution in [-0.2, 0) is 11.3 Å². The summed E-state index contributed by atoms with van der Waals surface area (Å²) in [6.07, 6.45) is 2.43. The molecule has 3 N–H and O–H groups in total. The third-order valence-corrected chi connectivity index (χ3v) is 3.14. The van der Waals surface area contributed by atoms with Gasteiger partial charge in [0.15, 0.2) is 0 Å². The number of nitrogens with two attached hydrogens (primary N) is 1. The van der Waals surface area contributed by atoms with Crippen LogP contribution in [0.5, 0.6) is 0 Å². The van der Waals surface area contributed by atoms with E-state index >= 15 is 0 Å². The summed E-state index contributed by atoms with van der Waals surface area (Å²) < 4.78 is 1.50. The maximum atomic E-state index is 11.8. The lowest BCUT2D eigenvalue weighted by Crippen LogP contribution is -2.19. The van der Waals surface area contributed by atoms with Crippen molar-refractivity contribution in [3.05, 3.63) is 58.0 Å². The van der Waals surface area contributed by atoms with Crippen molar-refractivity contribution in [2.75, 3.05) is 11.1 Å². The Morgan fingerprint density at radius 2 is 2.10 bits per heavy atom. The van der Waals surface area contributed by atoms with Gasteiger partial charge in [0.05, 0.1) is 5.02 Å². The summed E-state index contributed by atoms with van der Waals surface area (Å²) in [6, 6.07) is 9.95. The molecule has 0 saturated heterocycles. The summed E-state index contributed by atoms with van der Waals surface area (Å²) in [7, 11) is 0. The molecule has 2 aromatic rings. The minimum atomic E-state index is -0.129. The molecule has 0 unspecified atom stereocenters. The molecule has 0 atom stereocenters. The molecule has 6 heteroatoms. The van der Waals surface area contributed by atoms with Crippen LogP contribution < -0.4 is 16.6 Å². The first-order valence-electron chi connectivity index (χ1n) is 6.56. The number of aryl methyl sites for hydroxylation is 1. The molecule has 0 radical (unpaired) electrons. The molecule has 0 aliphatic rings. The van der Waals surface area contributed by atoms with E-state index in [1.54, 1.807) is 36.5 Å². The van der Waals surface area contributed by atoms with E-state index in [9.17, 15) is 9.59 Å². The fourth-order valence-electron chi connectivity index (χ4n) is 1.93. The molecular weight excluding hydrogens is 290 g/mol. The first kappa shape index (κ1) is 15.1. The minimum Gasteiger partial charge on any atom is -0.399 e. The van der Waals surface area contributed by atoms with Crippen molar-refractivity contribution in [3.8, 4) is 0 Å². The van der Waals surface area contributed by atoms with Crippen LogP contribution in [0.3, 0.4) is 0 Å². The van der Waals surface area contributed by atoms with Gasteiger partial charge in [0.2, 0.25) is 5.91 Å². The molecule has 0 bridgehead atoms. The van der Waals surface area contributed by atoms with Crippen molar-refractivity contribution in [1.82, 2.24) is 4.57 Å². The molecule has 0 fully saturated rings. The molecule has 5 nitrogen and oxygen atoms in total. The minimum absolute atomic E-state index is 0.115. The maximum Gasteiger partial charge on any atom is 0.250 e. The fourth-order valence-corrected chi connectivity index (χ4v) is 2.11. The van der Waals surface area contributed by atoms with E-state index in [2.05, 4.69) is 5.32 Å². The van der Waals surface area contributed by atoms with Crippen LogP contribution >= 0.6 is 11.6 Å². The van der Waals surface area contributed by atoms with Crippen LogP contribution in [0.15, 0.2) is 47.4 Å². The molecular formula is C15H16ClN3O2. The Morgan fingerprint density at radius 3 is 2.86 bits per heavy atom. The zero-order valence-electron chi connectivity index (χ0n) is 11.4. The monoisotopic (exact) mass is 305 g/mol. The van der Waals surface area contributed by atoms with Gasteiger partial charge < -0.3 is 15.6 Å². The van der Waals surface area contributed by atoms with Crippen LogP contribution in [0.1, 0.15) is 12.8 Å². The van der Waals surface area contributed by atoms with E-state index < -0.39 is 0 Å². The SMILES string of the molecule is Nc1cccc(NC(=O)CCCn2cc(Cl)ccc2=O)c1. The lowest BCUT2D eigenvalue weighted by atomic mass is 10.2. The number of pyridine rings is 1. The van der Waals surface area contributed by atoms with Crippen LogP contribution in [0.4, 0.5) is 11.4 Å². The standard InChI is InChI=1S/C15H16ClN3O2/c16-11-6-7-15(21)19(10-11)8-2-5-14(20)18-13-4-1-3-12(17)9-13/h1,3-4,6-7,9-10H,2,5,8,17H2,(H,18,20). The summed E-state index contributed by atoms with van der Waals surface area (Å²) in [5.74, 6) is -0.115. The molecule has 1 heterocycles. The number of amides is 1. The van der Waals surface area contributed by atoms with Crippen LogP contribution in [0.2, 0.25) is 5.02 Å². The molecule has 1 aromatic carbocycles. The van der Waals surface area contributed by atoms with E-state index in [0.717, 1.165) is 0 Å². The number of aromatic nitrogens is 1. The Hall–Kier alpha value is -2.27. The topological polar surface area (TPSA) is 77.1 Å². The maximum absolute atomic E-state index is 11.8. The molecule has 21 heavy (non-hydrogen) atoms. The molecule has 0 spiro atoms. The van der Waals surface area contributed by atoms with Gasteiger partial charge in [-0.3, -0.25) is 9.59 Å². The van der Waals surface area contributed by atoms with Gasteiger partial charge in [-0.15, -0.1) is 0 Å². The molecule has 1 aromatic heterocycles. The number of nitrogens with one attached hydrogen (secondary N) is 1. The lowest BCUT2D eigenvalue weighted by Gasteiger charge is -2.07. The van der Waals surface area contributed by atoms with E-state index in [1.807, 2.05) is 0 Å². The Labute approximate surface area is 127 Å². The van der Waals surface area contributed by atoms with E-state index in [-0.39, 0.29) is 11.5 Å². The van der Waals surface area contributed by atoms with Crippen LogP contribution in [0, 0.1) is 0 Å². The number of rotatable bonds is 5. The number of halogens is 1. The van der Waals surface area contributed by atoms with Gasteiger partial charge in [0.25, 0.3) is 5.56 Å². The Bertz CT molecular complexity index is 697. The predicted octanol–water partition coefficient (Wildman–Crippen LogP) is 2.50. The van der Waals surface area contributed by atoms with Crippen molar-refractivity contribution in [1.29, 1.82) is 0 Å². The Morgan fingerprint density at radius 1 is 1.29 bits per heavy atom. The fraction of sp³-hybridized carbons (Fsp3) is 0.200. The number of carbonyl (C=O) groups excluding carboxylic acids is 1. The molecule has 0 aliphatic heterocycles. The Balaban J connectivity index is 1.84. The number of anilines is 2. The van der Waals surface area contributed by atoms with Gasteiger partial charge in [-0.1, -0.05) is 17.7 Å². The summed E-state index contributed by atoms with van der Waals surface area (Å²) in [5.41, 5.74) is 6.77. The van der Waals surface area contributed by atoms with Crippen molar-refractivity contribution in [2.45, 2.75) is 19.4 Å². The zero-order valence-corrected chi connectivity index (χ0v) is 12.1. The molecule has 0 aliphatic carbocycles. The van der Waals surface area contributed by atoms with E-state index in [4.69, 9.17) is 17.3 Å². The number of nitrogen functional groups attached to an aromatic ring is 1. The van der Waals surface area contributed by atoms with Crippen molar-refractivity contribution in [2.24, 2.45) is 0 Å². The van der Waals surface area contributed by atoms with E-state index in [0.29, 0.717) is 35.8 Å².